The van der Waals surface area contributed by atoms with E-state index in [-0.39, 0.29) is 17.4 Å². The smallest absolute Gasteiger partial charge is 0.292 e. The minimum Gasteiger partial charge on any atom is -0.393 e. The van der Waals surface area contributed by atoms with Gasteiger partial charge in [-0.25, -0.2) is 0 Å². The Kier molecular flexibility index (Phi) is 3.38. The number of nitrogen functional groups attached to an aromatic ring is 1. The lowest BCUT2D eigenvalue weighted by molar-refractivity contribution is -0.383. The van der Waals surface area contributed by atoms with Crippen LogP contribution in [0.4, 0.5) is 17.1 Å². The molecule has 1 aromatic carbocycles. The van der Waals surface area contributed by atoms with Crippen LogP contribution in [0.25, 0.3) is 0 Å². The Hall–Kier alpha value is -1.82. The summed E-state index contributed by atoms with van der Waals surface area (Å²) < 4.78 is 0. The molecule has 0 bridgehead atoms. The fourth-order valence-corrected chi connectivity index (χ4v) is 2.36. The predicted molar refractivity (Wildman–Crippen MR) is 71.5 cm³/mol. The minimum absolute atomic E-state index is 0.0401. The average Bonchev–Trinajstić information content (AvgIpc) is 2.77. The lowest BCUT2D eigenvalue weighted by Crippen LogP contribution is -2.29. The number of benzene rings is 1. The Balaban J connectivity index is 2.16. The zero-order valence-corrected chi connectivity index (χ0v) is 10.4. The zero-order valence-electron chi connectivity index (χ0n) is 10.4. The number of rotatable bonds is 3. The second kappa shape index (κ2) is 4.81. The predicted octanol–water partition coefficient (Wildman–Crippen LogP) is 1.35. The van der Waals surface area contributed by atoms with E-state index < -0.39 is 4.92 Å². The first kappa shape index (κ1) is 12.6. The first-order chi connectivity index (χ1) is 8.49. The molecular weight excluding hydrogens is 232 g/mol. The molecule has 1 aliphatic rings. The molecule has 0 amide bonds. The number of nitrogens with zero attached hydrogens (tertiary/aromatic N) is 2. The van der Waals surface area contributed by atoms with E-state index in [1.54, 1.807) is 12.1 Å². The summed E-state index contributed by atoms with van der Waals surface area (Å²) in [6, 6.07) is 5.05. The Bertz CT molecular complexity index is 461. The summed E-state index contributed by atoms with van der Waals surface area (Å²) in [5.41, 5.74) is 12.7. The molecule has 6 nitrogen and oxygen atoms in total. The van der Waals surface area contributed by atoms with Crippen molar-refractivity contribution < 1.29 is 4.92 Å². The largest absolute Gasteiger partial charge is 0.393 e. The Morgan fingerprint density at radius 2 is 2.28 bits per heavy atom. The number of anilines is 2. The Labute approximate surface area is 106 Å². The van der Waals surface area contributed by atoms with E-state index in [1.807, 2.05) is 6.92 Å². The van der Waals surface area contributed by atoms with Crippen molar-refractivity contribution in [1.82, 2.24) is 0 Å². The SMILES string of the molecule is CC(N)C1CCN(c2ccc([N+](=O)[O-])c(N)c2)C1. The van der Waals surface area contributed by atoms with Gasteiger partial charge in [0.1, 0.15) is 5.69 Å². The quantitative estimate of drug-likeness (QED) is 0.479. The Morgan fingerprint density at radius 1 is 1.56 bits per heavy atom. The summed E-state index contributed by atoms with van der Waals surface area (Å²) >= 11 is 0. The van der Waals surface area contributed by atoms with Gasteiger partial charge in [0.05, 0.1) is 4.92 Å². The van der Waals surface area contributed by atoms with Gasteiger partial charge in [0, 0.05) is 30.9 Å². The third-order valence-corrected chi connectivity index (χ3v) is 3.54. The van der Waals surface area contributed by atoms with Gasteiger partial charge in [0.25, 0.3) is 5.69 Å². The molecule has 0 aliphatic carbocycles. The summed E-state index contributed by atoms with van der Waals surface area (Å²) in [7, 11) is 0. The van der Waals surface area contributed by atoms with Crippen LogP contribution in [-0.2, 0) is 0 Å². The van der Waals surface area contributed by atoms with Gasteiger partial charge in [0.15, 0.2) is 0 Å². The maximum absolute atomic E-state index is 10.7. The van der Waals surface area contributed by atoms with Crippen molar-refractivity contribution in [3.63, 3.8) is 0 Å². The highest BCUT2D eigenvalue weighted by Gasteiger charge is 2.26. The van der Waals surface area contributed by atoms with E-state index in [1.165, 1.54) is 6.07 Å². The molecule has 1 aromatic rings. The fourth-order valence-electron chi connectivity index (χ4n) is 2.36. The van der Waals surface area contributed by atoms with Gasteiger partial charge in [-0.15, -0.1) is 0 Å². The van der Waals surface area contributed by atoms with Crippen molar-refractivity contribution in [1.29, 1.82) is 0 Å². The standard InChI is InChI=1S/C12H18N4O2/c1-8(13)9-4-5-15(7-9)10-2-3-12(16(17)18)11(14)6-10/h2-3,6,8-9H,4-5,7,13-14H2,1H3. The minimum atomic E-state index is -0.464. The van der Waals surface area contributed by atoms with E-state index in [2.05, 4.69) is 4.90 Å². The van der Waals surface area contributed by atoms with Gasteiger partial charge in [-0.05, 0) is 31.4 Å². The molecule has 2 atom stereocenters. The third kappa shape index (κ3) is 2.38. The van der Waals surface area contributed by atoms with Crippen molar-refractivity contribution >= 4 is 17.1 Å². The summed E-state index contributed by atoms with van der Waals surface area (Å²) in [4.78, 5) is 12.4. The van der Waals surface area contributed by atoms with Crippen LogP contribution in [0, 0.1) is 16.0 Å². The number of hydrogen-bond acceptors (Lipinski definition) is 5. The van der Waals surface area contributed by atoms with Crippen molar-refractivity contribution in [3.8, 4) is 0 Å². The van der Waals surface area contributed by atoms with Crippen molar-refractivity contribution in [2.45, 2.75) is 19.4 Å². The molecule has 2 unspecified atom stereocenters. The van der Waals surface area contributed by atoms with Gasteiger partial charge in [-0.3, -0.25) is 10.1 Å². The fraction of sp³-hybridized carbons (Fsp3) is 0.500. The first-order valence-electron chi connectivity index (χ1n) is 6.03. The molecule has 1 saturated heterocycles. The molecule has 0 spiro atoms. The monoisotopic (exact) mass is 250 g/mol. The highest BCUT2D eigenvalue weighted by atomic mass is 16.6. The average molecular weight is 250 g/mol. The van der Waals surface area contributed by atoms with Crippen LogP contribution in [0.2, 0.25) is 0 Å². The topological polar surface area (TPSA) is 98.4 Å². The molecule has 0 aromatic heterocycles. The Morgan fingerprint density at radius 3 is 2.78 bits per heavy atom. The molecule has 1 aliphatic heterocycles. The lowest BCUT2D eigenvalue weighted by atomic mass is 10.0. The zero-order chi connectivity index (χ0) is 13.3. The third-order valence-electron chi connectivity index (χ3n) is 3.54. The van der Waals surface area contributed by atoms with Crippen LogP contribution in [-0.4, -0.2) is 24.1 Å². The van der Waals surface area contributed by atoms with Gasteiger partial charge in [-0.1, -0.05) is 0 Å². The van der Waals surface area contributed by atoms with Gasteiger partial charge in [0.2, 0.25) is 0 Å². The van der Waals surface area contributed by atoms with Gasteiger partial charge in [-0.2, -0.15) is 0 Å². The number of nitrogens with two attached hydrogens (primary N) is 2. The molecular formula is C12H18N4O2. The summed E-state index contributed by atoms with van der Waals surface area (Å²) in [5.74, 6) is 0.474. The van der Waals surface area contributed by atoms with Crippen LogP contribution in [0.5, 0.6) is 0 Å². The number of nitro benzene ring substituents is 1. The number of nitro groups is 1. The molecule has 0 radical (unpaired) electrons. The molecule has 2 rings (SSSR count). The van der Waals surface area contributed by atoms with E-state index in [4.69, 9.17) is 11.5 Å². The molecule has 18 heavy (non-hydrogen) atoms. The van der Waals surface area contributed by atoms with Crippen LogP contribution in [0.3, 0.4) is 0 Å². The molecule has 6 heteroatoms. The summed E-state index contributed by atoms with van der Waals surface area (Å²) in [6.07, 6.45) is 1.05. The van der Waals surface area contributed by atoms with Gasteiger partial charge >= 0.3 is 0 Å². The van der Waals surface area contributed by atoms with Crippen molar-refractivity contribution in [3.05, 3.63) is 28.3 Å². The maximum Gasteiger partial charge on any atom is 0.292 e. The molecule has 1 fully saturated rings. The molecule has 4 N–H and O–H groups in total. The lowest BCUT2D eigenvalue weighted by Gasteiger charge is -2.20. The molecule has 0 saturated carbocycles. The van der Waals surface area contributed by atoms with E-state index in [0.717, 1.165) is 25.2 Å². The highest BCUT2D eigenvalue weighted by Crippen LogP contribution is 2.30. The van der Waals surface area contributed by atoms with Crippen LogP contribution in [0.1, 0.15) is 13.3 Å². The maximum atomic E-state index is 10.7. The van der Waals surface area contributed by atoms with Crippen LogP contribution >= 0.6 is 0 Å². The second-order valence-electron chi connectivity index (χ2n) is 4.85. The van der Waals surface area contributed by atoms with Crippen LogP contribution in [0.15, 0.2) is 18.2 Å². The van der Waals surface area contributed by atoms with Crippen molar-refractivity contribution in [2.75, 3.05) is 23.7 Å². The van der Waals surface area contributed by atoms with E-state index in [0.29, 0.717) is 5.92 Å². The van der Waals surface area contributed by atoms with Crippen LogP contribution < -0.4 is 16.4 Å². The van der Waals surface area contributed by atoms with E-state index >= 15 is 0 Å². The van der Waals surface area contributed by atoms with E-state index in [9.17, 15) is 10.1 Å². The number of hydrogen-bond donors (Lipinski definition) is 2. The summed E-state index contributed by atoms with van der Waals surface area (Å²) in [6.45, 7) is 3.82. The van der Waals surface area contributed by atoms with Crippen molar-refractivity contribution in [2.24, 2.45) is 11.7 Å². The normalized spacial score (nSPS) is 21.0. The summed E-state index contributed by atoms with van der Waals surface area (Å²) in [5, 5.41) is 10.7. The first-order valence-corrected chi connectivity index (χ1v) is 6.03. The molecule has 1 heterocycles. The molecule has 98 valence electrons. The van der Waals surface area contributed by atoms with Gasteiger partial charge < -0.3 is 16.4 Å². The highest BCUT2D eigenvalue weighted by molar-refractivity contribution is 5.66. The second-order valence-corrected chi connectivity index (χ2v) is 4.85.